The first-order valence-electron chi connectivity index (χ1n) is 7.54. The van der Waals surface area contributed by atoms with Crippen LogP contribution in [0.15, 0.2) is 47.0 Å². The first-order chi connectivity index (χ1) is 10.7. The summed E-state index contributed by atoms with van der Waals surface area (Å²) in [4.78, 5) is 12.1. The lowest BCUT2D eigenvalue weighted by molar-refractivity contribution is -0.118. The standard InChI is InChI=1S/C18H19ClN2O/c19-16(11-14-7-3-1-4-8-14)12-15(13-20)18(22)21-17-9-5-2-6-10-17/h1,3-4,7-8,11-12,17H,2,5-6,9-10H2,(H,21,22)/b15-12-,16-11+. The number of allylic oxidation sites excluding steroid dienone is 2. The van der Waals surface area contributed by atoms with Gasteiger partial charge in [-0.25, -0.2) is 0 Å². The largest absolute Gasteiger partial charge is 0.349 e. The van der Waals surface area contributed by atoms with E-state index in [0.29, 0.717) is 5.03 Å². The number of carbonyl (C=O) groups excluding carboxylic acids is 1. The second-order valence-corrected chi connectivity index (χ2v) is 5.85. The summed E-state index contributed by atoms with van der Waals surface area (Å²) in [6.07, 6.45) is 8.60. The predicted octanol–water partition coefficient (Wildman–Crippen LogP) is 4.17. The second kappa shape index (κ2) is 8.41. The Hall–Kier alpha value is -2.05. The van der Waals surface area contributed by atoms with Gasteiger partial charge in [-0.3, -0.25) is 4.79 Å². The number of benzene rings is 1. The molecule has 2 rings (SSSR count). The second-order valence-electron chi connectivity index (χ2n) is 5.42. The van der Waals surface area contributed by atoms with Gasteiger partial charge in [-0.05, 0) is 30.6 Å². The molecule has 0 heterocycles. The van der Waals surface area contributed by atoms with Crippen LogP contribution in [0, 0.1) is 11.3 Å². The van der Waals surface area contributed by atoms with Gasteiger partial charge >= 0.3 is 0 Å². The number of carbonyl (C=O) groups is 1. The van der Waals surface area contributed by atoms with Crippen molar-refractivity contribution in [3.05, 3.63) is 52.6 Å². The number of rotatable bonds is 4. The molecular weight excluding hydrogens is 296 g/mol. The molecule has 1 aliphatic carbocycles. The topological polar surface area (TPSA) is 52.9 Å². The molecule has 0 atom stereocenters. The van der Waals surface area contributed by atoms with E-state index in [0.717, 1.165) is 31.2 Å². The highest BCUT2D eigenvalue weighted by Gasteiger charge is 2.18. The summed E-state index contributed by atoms with van der Waals surface area (Å²) >= 11 is 6.13. The molecule has 22 heavy (non-hydrogen) atoms. The molecule has 0 aromatic heterocycles. The van der Waals surface area contributed by atoms with Gasteiger partial charge in [-0.1, -0.05) is 61.2 Å². The molecule has 1 aliphatic rings. The van der Waals surface area contributed by atoms with E-state index in [1.807, 2.05) is 36.4 Å². The first kappa shape index (κ1) is 16.3. The Bertz CT molecular complexity index is 608. The number of nitrogens with one attached hydrogen (secondary N) is 1. The van der Waals surface area contributed by atoms with Gasteiger partial charge in [0, 0.05) is 11.1 Å². The Labute approximate surface area is 136 Å². The zero-order valence-electron chi connectivity index (χ0n) is 12.4. The van der Waals surface area contributed by atoms with Gasteiger partial charge in [0.15, 0.2) is 0 Å². The van der Waals surface area contributed by atoms with Crippen LogP contribution in [-0.2, 0) is 4.79 Å². The van der Waals surface area contributed by atoms with Crippen LogP contribution >= 0.6 is 11.6 Å². The van der Waals surface area contributed by atoms with Crippen molar-refractivity contribution in [3.63, 3.8) is 0 Å². The Morgan fingerprint density at radius 1 is 1.23 bits per heavy atom. The molecule has 0 aliphatic heterocycles. The Morgan fingerprint density at radius 2 is 1.91 bits per heavy atom. The van der Waals surface area contributed by atoms with Crippen molar-refractivity contribution in [1.29, 1.82) is 5.26 Å². The van der Waals surface area contributed by atoms with Crippen molar-refractivity contribution in [1.82, 2.24) is 5.32 Å². The van der Waals surface area contributed by atoms with Crippen LogP contribution in [0.1, 0.15) is 37.7 Å². The maximum absolute atomic E-state index is 12.1. The Balaban J connectivity index is 2.04. The van der Waals surface area contributed by atoms with Gasteiger partial charge in [0.1, 0.15) is 11.6 Å². The normalized spacial score (nSPS) is 16.9. The molecule has 1 aromatic rings. The van der Waals surface area contributed by atoms with Gasteiger partial charge < -0.3 is 5.32 Å². The van der Waals surface area contributed by atoms with Gasteiger partial charge in [-0.2, -0.15) is 5.26 Å². The molecule has 0 unspecified atom stereocenters. The summed E-state index contributed by atoms with van der Waals surface area (Å²) < 4.78 is 0. The predicted molar refractivity (Wildman–Crippen MR) is 89.0 cm³/mol. The lowest BCUT2D eigenvalue weighted by Gasteiger charge is -2.22. The highest BCUT2D eigenvalue weighted by Crippen LogP contribution is 2.18. The highest BCUT2D eigenvalue weighted by molar-refractivity contribution is 6.33. The third kappa shape index (κ3) is 5.05. The number of nitriles is 1. The molecule has 114 valence electrons. The summed E-state index contributed by atoms with van der Waals surface area (Å²) in [7, 11) is 0. The van der Waals surface area contributed by atoms with E-state index in [2.05, 4.69) is 5.32 Å². The monoisotopic (exact) mass is 314 g/mol. The van der Waals surface area contributed by atoms with Crippen LogP contribution < -0.4 is 5.32 Å². The van der Waals surface area contributed by atoms with Gasteiger partial charge in [0.25, 0.3) is 5.91 Å². The summed E-state index contributed by atoms with van der Waals surface area (Å²) in [6.45, 7) is 0. The van der Waals surface area contributed by atoms with Crippen molar-refractivity contribution in [2.24, 2.45) is 0 Å². The van der Waals surface area contributed by atoms with Crippen molar-refractivity contribution in [2.45, 2.75) is 38.1 Å². The summed E-state index contributed by atoms with van der Waals surface area (Å²) in [6, 6.07) is 11.6. The molecule has 1 saturated carbocycles. The molecule has 0 spiro atoms. The summed E-state index contributed by atoms with van der Waals surface area (Å²) in [5.41, 5.74) is 0.969. The number of nitrogens with zero attached hydrogens (tertiary/aromatic N) is 1. The van der Waals surface area contributed by atoms with Crippen LogP contribution in [-0.4, -0.2) is 11.9 Å². The molecule has 1 N–H and O–H groups in total. The van der Waals surface area contributed by atoms with Crippen molar-refractivity contribution < 1.29 is 4.79 Å². The van der Waals surface area contributed by atoms with Crippen LogP contribution in [0.25, 0.3) is 6.08 Å². The SMILES string of the molecule is N#C/C(=C/C(Cl)=C\c1ccccc1)C(=O)NC1CCCCC1. The fraction of sp³-hybridized carbons (Fsp3) is 0.333. The third-order valence-electron chi connectivity index (χ3n) is 3.69. The Morgan fingerprint density at radius 3 is 2.55 bits per heavy atom. The average Bonchev–Trinajstić information content (AvgIpc) is 2.54. The first-order valence-corrected chi connectivity index (χ1v) is 7.92. The number of hydrogen-bond acceptors (Lipinski definition) is 2. The zero-order valence-corrected chi connectivity index (χ0v) is 13.1. The van der Waals surface area contributed by atoms with Gasteiger partial charge in [-0.15, -0.1) is 0 Å². The molecule has 3 nitrogen and oxygen atoms in total. The van der Waals surface area contributed by atoms with Gasteiger partial charge in [0.05, 0.1) is 0 Å². The van der Waals surface area contributed by atoms with Crippen molar-refractivity contribution in [2.75, 3.05) is 0 Å². The quantitative estimate of drug-likeness (QED) is 0.515. The lowest BCUT2D eigenvalue weighted by Crippen LogP contribution is -2.36. The fourth-order valence-corrected chi connectivity index (χ4v) is 2.78. The average molecular weight is 315 g/mol. The van der Waals surface area contributed by atoms with E-state index < -0.39 is 0 Å². The van der Waals surface area contributed by atoms with E-state index >= 15 is 0 Å². The van der Waals surface area contributed by atoms with Gasteiger partial charge in [0.2, 0.25) is 0 Å². The van der Waals surface area contributed by atoms with Crippen molar-refractivity contribution in [3.8, 4) is 6.07 Å². The number of hydrogen-bond donors (Lipinski definition) is 1. The van der Waals surface area contributed by atoms with E-state index in [1.165, 1.54) is 12.5 Å². The molecule has 1 amide bonds. The van der Waals surface area contributed by atoms with Crippen LogP contribution in [0.2, 0.25) is 0 Å². The number of amides is 1. The van der Waals surface area contributed by atoms with Crippen LogP contribution in [0.4, 0.5) is 0 Å². The summed E-state index contributed by atoms with van der Waals surface area (Å²) in [5, 5.41) is 12.5. The van der Waals surface area contributed by atoms with Crippen molar-refractivity contribution >= 4 is 23.6 Å². The molecule has 0 saturated heterocycles. The highest BCUT2D eigenvalue weighted by atomic mass is 35.5. The molecule has 0 radical (unpaired) electrons. The minimum absolute atomic E-state index is 0.0442. The lowest BCUT2D eigenvalue weighted by atomic mass is 9.95. The van der Waals surface area contributed by atoms with E-state index in [9.17, 15) is 10.1 Å². The molecule has 4 heteroatoms. The molecule has 1 fully saturated rings. The minimum atomic E-state index is -0.339. The maximum atomic E-state index is 12.1. The van der Waals surface area contributed by atoms with Crippen LogP contribution in [0.5, 0.6) is 0 Å². The zero-order chi connectivity index (χ0) is 15.8. The number of halogens is 1. The maximum Gasteiger partial charge on any atom is 0.262 e. The van der Waals surface area contributed by atoms with E-state index in [-0.39, 0.29) is 17.5 Å². The molecular formula is C18H19ClN2O. The van der Waals surface area contributed by atoms with E-state index in [1.54, 1.807) is 6.08 Å². The third-order valence-corrected chi connectivity index (χ3v) is 3.91. The molecule has 0 bridgehead atoms. The minimum Gasteiger partial charge on any atom is -0.349 e. The van der Waals surface area contributed by atoms with E-state index in [4.69, 9.17) is 11.6 Å². The smallest absolute Gasteiger partial charge is 0.262 e. The fourth-order valence-electron chi connectivity index (χ4n) is 2.55. The molecule has 1 aromatic carbocycles. The Kier molecular flexibility index (Phi) is 6.24. The summed E-state index contributed by atoms with van der Waals surface area (Å²) in [5.74, 6) is -0.339. The van der Waals surface area contributed by atoms with Crippen LogP contribution in [0.3, 0.4) is 0 Å².